The minimum Gasteiger partial charge on any atom is -0.392 e. The molecule has 0 saturated carbocycles. The topological polar surface area (TPSA) is 56.5 Å². The van der Waals surface area contributed by atoms with E-state index < -0.39 is 0 Å². The quantitative estimate of drug-likeness (QED) is 0.833. The second-order valence-corrected chi connectivity index (χ2v) is 4.22. The molecule has 1 saturated heterocycles. The molecule has 1 aromatic carbocycles. The van der Waals surface area contributed by atoms with E-state index in [1.807, 2.05) is 25.1 Å². The lowest BCUT2D eigenvalue weighted by atomic mass is 10.1. The first kappa shape index (κ1) is 11.9. The van der Waals surface area contributed by atoms with Crippen LogP contribution in [0.5, 0.6) is 0 Å². The van der Waals surface area contributed by atoms with Crippen LogP contribution in [-0.2, 0) is 11.3 Å². The molecule has 90 valence electrons. The Morgan fingerprint density at radius 2 is 2.41 bits per heavy atom. The van der Waals surface area contributed by atoms with Gasteiger partial charge in [-0.3, -0.25) is 0 Å². The average molecular weight is 232 g/mol. The Morgan fingerprint density at radius 1 is 1.59 bits per heavy atom. The van der Waals surface area contributed by atoms with Gasteiger partial charge < -0.3 is 14.7 Å². The maximum Gasteiger partial charge on any atom is 0.161 e. The van der Waals surface area contributed by atoms with Crippen LogP contribution in [0.4, 0.5) is 5.69 Å². The fraction of sp³-hybridized carbons (Fsp3) is 0.462. The van der Waals surface area contributed by atoms with E-state index in [1.165, 1.54) is 0 Å². The van der Waals surface area contributed by atoms with Crippen molar-refractivity contribution < 1.29 is 9.84 Å². The Balaban J connectivity index is 2.24. The molecule has 0 radical (unpaired) electrons. The second kappa shape index (κ2) is 5.17. The number of nitriles is 1. The van der Waals surface area contributed by atoms with Crippen LogP contribution in [0.3, 0.4) is 0 Å². The first-order chi connectivity index (χ1) is 8.24. The van der Waals surface area contributed by atoms with Crippen LogP contribution in [-0.4, -0.2) is 30.9 Å². The van der Waals surface area contributed by atoms with Crippen molar-refractivity contribution >= 4 is 5.69 Å². The minimum atomic E-state index is -0.378. The summed E-state index contributed by atoms with van der Waals surface area (Å²) in [6.07, 6.45) is -0.378. The maximum absolute atomic E-state index is 9.37. The molecule has 1 N–H and O–H groups in total. The molecule has 0 amide bonds. The van der Waals surface area contributed by atoms with E-state index in [9.17, 15) is 5.11 Å². The fourth-order valence-corrected chi connectivity index (χ4v) is 2.10. The highest BCUT2D eigenvalue weighted by molar-refractivity contribution is 5.55. The second-order valence-electron chi connectivity index (χ2n) is 4.22. The van der Waals surface area contributed by atoms with Crippen LogP contribution in [0.15, 0.2) is 18.2 Å². The smallest absolute Gasteiger partial charge is 0.161 e. The van der Waals surface area contributed by atoms with Crippen LogP contribution >= 0.6 is 0 Å². The molecule has 0 spiro atoms. The average Bonchev–Trinajstić information content (AvgIpc) is 2.38. The molecule has 1 unspecified atom stereocenters. The number of aliphatic hydroxyl groups excluding tert-OH is 1. The predicted octanol–water partition coefficient (Wildman–Crippen LogP) is 1.22. The fourth-order valence-electron chi connectivity index (χ4n) is 2.10. The van der Waals surface area contributed by atoms with Gasteiger partial charge >= 0.3 is 0 Å². The number of aliphatic hydroxyl groups is 1. The maximum atomic E-state index is 9.37. The highest BCUT2D eigenvalue weighted by atomic mass is 16.5. The van der Waals surface area contributed by atoms with Crippen LogP contribution < -0.4 is 4.90 Å². The molecule has 4 heteroatoms. The van der Waals surface area contributed by atoms with Gasteiger partial charge in [0, 0.05) is 17.8 Å². The number of anilines is 1. The Morgan fingerprint density at radius 3 is 3.12 bits per heavy atom. The zero-order valence-electron chi connectivity index (χ0n) is 9.89. The Kier molecular flexibility index (Phi) is 3.62. The van der Waals surface area contributed by atoms with Crippen molar-refractivity contribution in [1.29, 1.82) is 5.26 Å². The highest BCUT2D eigenvalue weighted by Crippen LogP contribution is 2.24. The number of hydrogen-bond acceptors (Lipinski definition) is 4. The molecule has 1 heterocycles. The van der Waals surface area contributed by atoms with Crippen molar-refractivity contribution in [2.24, 2.45) is 0 Å². The molecule has 0 bridgehead atoms. The van der Waals surface area contributed by atoms with Crippen molar-refractivity contribution in [3.63, 3.8) is 0 Å². The van der Waals surface area contributed by atoms with Crippen LogP contribution in [0.25, 0.3) is 0 Å². The molecule has 4 nitrogen and oxygen atoms in total. The first-order valence-corrected chi connectivity index (χ1v) is 5.71. The Hall–Kier alpha value is -1.57. The van der Waals surface area contributed by atoms with Gasteiger partial charge in [0.05, 0.1) is 25.8 Å². The third-order valence-corrected chi connectivity index (χ3v) is 2.96. The van der Waals surface area contributed by atoms with Gasteiger partial charge in [0.15, 0.2) is 6.10 Å². The SMILES string of the molecule is Cc1ccc(N2CCOC(C#N)C2)c(CO)c1. The predicted molar refractivity (Wildman–Crippen MR) is 64.7 cm³/mol. The first-order valence-electron chi connectivity index (χ1n) is 5.71. The number of rotatable bonds is 2. The number of ether oxygens (including phenoxy) is 1. The largest absolute Gasteiger partial charge is 0.392 e. The van der Waals surface area contributed by atoms with Crippen LogP contribution in [0.2, 0.25) is 0 Å². The van der Waals surface area contributed by atoms with Crippen molar-refractivity contribution in [3.05, 3.63) is 29.3 Å². The molecule has 17 heavy (non-hydrogen) atoms. The summed E-state index contributed by atoms with van der Waals surface area (Å²) in [6.45, 7) is 3.89. The van der Waals surface area contributed by atoms with Gasteiger partial charge in [-0.05, 0) is 13.0 Å². The van der Waals surface area contributed by atoms with E-state index in [0.717, 1.165) is 23.4 Å². The third-order valence-electron chi connectivity index (χ3n) is 2.96. The lowest BCUT2D eigenvalue weighted by molar-refractivity contribution is 0.0763. The monoisotopic (exact) mass is 232 g/mol. The zero-order valence-corrected chi connectivity index (χ0v) is 9.89. The van der Waals surface area contributed by atoms with Crippen molar-refractivity contribution in [3.8, 4) is 6.07 Å². The molecule has 1 aliphatic rings. The molecule has 2 rings (SSSR count). The number of nitrogens with zero attached hydrogens (tertiary/aromatic N) is 2. The summed E-state index contributed by atoms with van der Waals surface area (Å²) in [4.78, 5) is 2.10. The number of morpholine rings is 1. The molecule has 1 fully saturated rings. The van der Waals surface area contributed by atoms with Crippen molar-refractivity contribution in [2.45, 2.75) is 19.6 Å². The summed E-state index contributed by atoms with van der Waals surface area (Å²) in [6, 6.07) is 8.12. The Labute approximate surface area is 101 Å². The number of benzene rings is 1. The molecular weight excluding hydrogens is 216 g/mol. The normalized spacial score (nSPS) is 20.1. The lowest BCUT2D eigenvalue weighted by Crippen LogP contribution is -2.42. The van der Waals surface area contributed by atoms with E-state index in [2.05, 4.69) is 11.0 Å². The van der Waals surface area contributed by atoms with Gasteiger partial charge in [-0.2, -0.15) is 5.26 Å². The van der Waals surface area contributed by atoms with Gasteiger partial charge in [-0.1, -0.05) is 17.7 Å². The number of aryl methyl sites for hydroxylation is 1. The number of hydrogen-bond donors (Lipinski definition) is 1. The summed E-state index contributed by atoms with van der Waals surface area (Å²) < 4.78 is 5.31. The van der Waals surface area contributed by atoms with E-state index in [1.54, 1.807) is 0 Å². The van der Waals surface area contributed by atoms with Crippen LogP contribution in [0, 0.1) is 18.3 Å². The Bertz CT molecular complexity index is 440. The summed E-state index contributed by atoms with van der Waals surface area (Å²) in [7, 11) is 0. The summed E-state index contributed by atoms with van der Waals surface area (Å²) in [5.41, 5.74) is 3.04. The van der Waals surface area contributed by atoms with Crippen molar-refractivity contribution in [1.82, 2.24) is 0 Å². The summed E-state index contributed by atoms with van der Waals surface area (Å²) >= 11 is 0. The summed E-state index contributed by atoms with van der Waals surface area (Å²) in [5.74, 6) is 0. The molecule has 1 aliphatic heterocycles. The molecule has 0 aromatic heterocycles. The molecule has 1 aromatic rings. The molecular formula is C13H16N2O2. The molecule has 0 aliphatic carbocycles. The van der Waals surface area contributed by atoms with Gasteiger partial charge in [0.2, 0.25) is 0 Å². The zero-order chi connectivity index (χ0) is 12.3. The van der Waals surface area contributed by atoms with Gasteiger partial charge in [-0.15, -0.1) is 0 Å². The lowest BCUT2D eigenvalue weighted by Gasteiger charge is -2.33. The van der Waals surface area contributed by atoms with Gasteiger partial charge in [0.1, 0.15) is 0 Å². The van der Waals surface area contributed by atoms with Gasteiger partial charge in [-0.25, -0.2) is 0 Å². The van der Waals surface area contributed by atoms with E-state index in [-0.39, 0.29) is 12.7 Å². The highest BCUT2D eigenvalue weighted by Gasteiger charge is 2.21. The standard InChI is InChI=1S/C13H16N2O2/c1-10-2-3-13(11(6-10)9-16)15-4-5-17-12(7-14)8-15/h2-3,6,12,16H,4-5,8-9H2,1H3. The van der Waals surface area contributed by atoms with Gasteiger partial charge in [0.25, 0.3) is 0 Å². The van der Waals surface area contributed by atoms with E-state index >= 15 is 0 Å². The minimum absolute atomic E-state index is 0.0194. The molecule has 1 atom stereocenters. The van der Waals surface area contributed by atoms with E-state index in [4.69, 9.17) is 10.00 Å². The third kappa shape index (κ3) is 2.57. The van der Waals surface area contributed by atoms with Crippen molar-refractivity contribution in [2.75, 3.05) is 24.6 Å². The summed E-state index contributed by atoms with van der Waals surface area (Å²) in [5, 5.41) is 18.2. The van der Waals surface area contributed by atoms with Crippen LogP contribution in [0.1, 0.15) is 11.1 Å². The van der Waals surface area contributed by atoms with E-state index in [0.29, 0.717) is 13.2 Å².